The second-order valence-electron chi connectivity index (χ2n) is 5.02. The quantitative estimate of drug-likeness (QED) is 0.317. The second kappa shape index (κ2) is 8.93. The minimum atomic E-state index is -0.468. The molecule has 0 aromatic heterocycles. The van der Waals surface area contributed by atoms with Crippen LogP contribution >= 0.6 is 15.9 Å². The number of carbonyl (C=O) groups excluding carboxylic acids is 1. The van der Waals surface area contributed by atoms with Gasteiger partial charge in [0.25, 0.3) is 5.69 Å². The van der Waals surface area contributed by atoms with Crippen molar-refractivity contribution >= 4 is 39.3 Å². The van der Waals surface area contributed by atoms with Crippen LogP contribution in [-0.4, -0.2) is 23.9 Å². The summed E-state index contributed by atoms with van der Waals surface area (Å²) >= 11 is 3.24. The van der Waals surface area contributed by atoms with E-state index in [0.29, 0.717) is 24.3 Å². The van der Waals surface area contributed by atoms with Gasteiger partial charge in [0.1, 0.15) is 5.82 Å². The highest BCUT2D eigenvalue weighted by Crippen LogP contribution is 2.17. The zero-order valence-corrected chi connectivity index (χ0v) is 14.6. The van der Waals surface area contributed by atoms with E-state index in [9.17, 15) is 19.3 Å². The lowest BCUT2D eigenvalue weighted by Crippen LogP contribution is -2.27. The average Bonchev–Trinajstić information content (AvgIpc) is 2.60. The van der Waals surface area contributed by atoms with E-state index >= 15 is 0 Å². The van der Waals surface area contributed by atoms with Crippen molar-refractivity contribution in [1.82, 2.24) is 5.32 Å². The van der Waals surface area contributed by atoms with Gasteiger partial charge in [-0.3, -0.25) is 14.9 Å². The summed E-state index contributed by atoms with van der Waals surface area (Å²) in [5.41, 5.74) is 1.05. The van der Waals surface area contributed by atoms with Crippen molar-refractivity contribution in [3.05, 3.63) is 74.5 Å². The Morgan fingerprint density at radius 1 is 1.20 bits per heavy atom. The molecular formula is C17H15BrFN3O3. The molecule has 2 N–H and O–H groups in total. The van der Waals surface area contributed by atoms with Gasteiger partial charge in [0.05, 0.1) is 4.92 Å². The smallest absolute Gasteiger partial charge is 0.269 e. The number of carbonyl (C=O) groups is 1. The van der Waals surface area contributed by atoms with Gasteiger partial charge >= 0.3 is 0 Å². The number of amides is 1. The molecule has 0 aliphatic carbocycles. The number of benzene rings is 2. The third kappa shape index (κ3) is 6.00. The number of nitro groups is 1. The summed E-state index contributed by atoms with van der Waals surface area (Å²) in [6, 6.07) is 10.5. The molecule has 0 aliphatic heterocycles. The topological polar surface area (TPSA) is 84.3 Å². The molecule has 1 amide bonds. The summed E-state index contributed by atoms with van der Waals surface area (Å²) in [7, 11) is 0. The average molecular weight is 408 g/mol. The van der Waals surface area contributed by atoms with E-state index in [0.717, 1.165) is 4.47 Å². The predicted octanol–water partition coefficient (Wildman–Crippen LogP) is 3.74. The monoisotopic (exact) mass is 407 g/mol. The van der Waals surface area contributed by atoms with Crippen molar-refractivity contribution in [1.29, 1.82) is 0 Å². The normalized spacial score (nSPS) is 10.6. The minimum absolute atomic E-state index is 0.0174. The van der Waals surface area contributed by atoms with Crippen LogP contribution in [0.4, 0.5) is 15.8 Å². The first-order chi connectivity index (χ1) is 12.0. The second-order valence-corrected chi connectivity index (χ2v) is 5.94. The summed E-state index contributed by atoms with van der Waals surface area (Å²) in [5, 5.41) is 16.2. The van der Waals surface area contributed by atoms with Gasteiger partial charge in [0.2, 0.25) is 5.91 Å². The Morgan fingerprint density at radius 3 is 2.60 bits per heavy atom. The van der Waals surface area contributed by atoms with E-state index in [1.165, 1.54) is 30.4 Å². The van der Waals surface area contributed by atoms with Gasteiger partial charge in [-0.05, 0) is 36.4 Å². The maximum absolute atomic E-state index is 13.5. The Bertz CT molecular complexity index is 794. The van der Waals surface area contributed by atoms with Crippen molar-refractivity contribution in [3.63, 3.8) is 0 Å². The van der Waals surface area contributed by atoms with E-state index in [-0.39, 0.29) is 11.6 Å². The fourth-order valence-corrected chi connectivity index (χ4v) is 2.34. The maximum atomic E-state index is 13.5. The molecule has 0 aliphatic rings. The largest absolute Gasteiger partial charge is 0.383 e. The fraction of sp³-hybridized carbons (Fsp3) is 0.118. The first kappa shape index (κ1) is 18.6. The van der Waals surface area contributed by atoms with Gasteiger partial charge in [-0.15, -0.1) is 0 Å². The van der Waals surface area contributed by atoms with Crippen LogP contribution in [0.5, 0.6) is 0 Å². The molecule has 0 saturated heterocycles. The molecule has 0 fully saturated rings. The van der Waals surface area contributed by atoms with Gasteiger partial charge in [-0.1, -0.05) is 15.9 Å². The molecule has 0 saturated carbocycles. The molecule has 0 heterocycles. The van der Waals surface area contributed by atoms with Gasteiger partial charge in [-0.2, -0.15) is 0 Å². The number of nitrogens with one attached hydrogen (secondary N) is 2. The Balaban J connectivity index is 1.76. The lowest BCUT2D eigenvalue weighted by atomic mass is 10.2. The number of nitrogens with zero attached hydrogens (tertiary/aromatic N) is 1. The number of rotatable bonds is 7. The van der Waals surface area contributed by atoms with E-state index in [4.69, 9.17) is 0 Å². The van der Waals surface area contributed by atoms with Crippen molar-refractivity contribution < 1.29 is 14.1 Å². The van der Waals surface area contributed by atoms with Gasteiger partial charge < -0.3 is 10.6 Å². The van der Waals surface area contributed by atoms with Crippen molar-refractivity contribution in [2.24, 2.45) is 0 Å². The summed E-state index contributed by atoms with van der Waals surface area (Å²) in [4.78, 5) is 21.8. The summed E-state index contributed by atoms with van der Waals surface area (Å²) in [6.45, 7) is 0.795. The highest BCUT2D eigenvalue weighted by atomic mass is 79.9. The van der Waals surface area contributed by atoms with Crippen molar-refractivity contribution in [2.75, 3.05) is 18.4 Å². The molecule has 2 aromatic rings. The molecule has 25 heavy (non-hydrogen) atoms. The third-order valence-corrected chi connectivity index (χ3v) is 3.70. The number of hydrogen-bond donors (Lipinski definition) is 2. The highest BCUT2D eigenvalue weighted by molar-refractivity contribution is 9.10. The van der Waals surface area contributed by atoms with E-state index in [1.807, 2.05) is 0 Å². The molecule has 130 valence electrons. The molecule has 0 unspecified atom stereocenters. The number of anilines is 1. The number of halogens is 2. The standard InChI is InChI=1S/C17H15BrFN3O3/c18-13-2-7-16(19)12(11-13)1-8-17(23)21-10-9-20-14-3-5-15(6-4-14)22(24)25/h1-8,11,20H,9-10H2,(H,21,23)/b8-1+. The van der Waals surface area contributed by atoms with Crippen LogP contribution in [0.15, 0.2) is 53.0 Å². The van der Waals surface area contributed by atoms with E-state index in [1.54, 1.807) is 24.3 Å². The van der Waals surface area contributed by atoms with Gasteiger partial charge in [0.15, 0.2) is 0 Å². The van der Waals surface area contributed by atoms with Crippen molar-refractivity contribution in [3.8, 4) is 0 Å². The van der Waals surface area contributed by atoms with Gasteiger partial charge in [0, 0.05) is 47.0 Å². The van der Waals surface area contributed by atoms with Crippen LogP contribution in [0.2, 0.25) is 0 Å². The Hall–Kier alpha value is -2.74. The molecule has 2 rings (SSSR count). The number of non-ortho nitro benzene ring substituents is 1. The first-order valence-electron chi connectivity index (χ1n) is 7.35. The number of hydrogen-bond acceptors (Lipinski definition) is 4. The van der Waals surface area contributed by atoms with Crippen LogP contribution in [0.3, 0.4) is 0 Å². The fourth-order valence-electron chi connectivity index (χ4n) is 1.96. The van der Waals surface area contributed by atoms with Crippen LogP contribution in [0.25, 0.3) is 6.08 Å². The molecule has 0 atom stereocenters. The Labute approximate surface area is 152 Å². The SMILES string of the molecule is O=C(/C=C/c1cc(Br)ccc1F)NCCNc1ccc([N+](=O)[O-])cc1. The number of nitro benzene ring substituents is 1. The lowest BCUT2D eigenvalue weighted by Gasteiger charge is -2.06. The summed E-state index contributed by atoms with van der Waals surface area (Å²) < 4.78 is 14.3. The lowest BCUT2D eigenvalue weighted by molar-refractivity contribution is -0.384. The molecule has 6 nitrogen and oxygen atoms in total. The Morgan fingerprint density at radius 2 is 1.92 bits per heavy atom. The third-order valence-electron chi connectivity index (χ3n) is 3.20. The zero-order valence-electron chi connectivity index (χ0n) is 13.0. The highest BCUT2D eigenvalue weighted by Gasteiger charge is 2.03. The van der Waals surface area contributed by atoms with Crippen molar-refractivity contribution in [2.45, 2.75) is 0 Å². The summed E-state index contributed by atoms with van der Waals surface area (Å²) in [5.74, 6) is -0.753. The van der Waals surface area contributed by atoms with E-state index in [2.05, 4.69) is 26.6 Å². The van der Waals surface area contributed by atoms with Gasteiger partial charge in [-0.25, -0.2) is 4.39 Å². The first-order valence-corrected chi connectivity index (χ1v) is 8.14. The molecule has 8 heteroatoms. The van der Waals surface area contributed by atoms with Crippen LogP contribution in [-0.2, 0) is 4.79 Å². The summed E-state index contributed by atoms with van der Waals surface area (Å²) in [6.07, 6.45) is 2.66. The molecule has 0 bridgehead atoms. The van der Waals surface area contributed by atoms with Crippen LogP contribution < -0.4 is 10.6 Å². The van der Waals surface area contributed by atoms with Crippen LogP contribution in [0.1, 0.15) is 5.56 Å². The molecular weight excluding hydrogens is 393 g/mol. The maximum Gasteiger partial charge on any atom is 0.269 e. The molecule has 0 spiro atoms. The zero-order chi connectivity index (χ0) is 18.2. The minimum Gasteiger partial charge on any atom is -0.383 e. The van der Waals surface area contributed by atoms with Crippen LogP contribution in [0, 0.1) is 15.9 Å². The predicted molar refractivity (Wildman–Crippen MR) is 97.7 cm³/mol. The Kier molecular flexibility index (Phi) is 6.64. The molecule has 0 radical (unpaired) electrons. The van der Waals surface area contributed by atoms with E-state index < -0.39 is 10.7 Å². The molecule has 2 aromatic carbocycles.